The molecule has 0 saturated carbocycles. The van der Waals surface area contributed by atoms with Crippen molar-refractivity contribution < 1.29 is 61.9 Å². The number of carbonyl (C=O) groups is 6. The molecule has 12 rings (SSSR count). The number of nitrogens with zero attached hydrogens (tertiary/aromatic N) is 12. The van der Waals surface area contributed by atoms with Crippen molar-refractivity contribution in [3.8, 4) is 23.4 Å². The lowest BCUT2D eigenvalue weighted by Crippen LogP contribution is -2.49. The maximum atomic E-state index is 13.3. The van der Waals surface area contributed by atoms with Crippen molar-refractivity contribution in [3.05, 3.63) is 174 Å². The Kier molecular flexibility index (Phi) is 31.1. The van der Waals surface area contributed by atoms with Crippen LogP contribution in [0.3, 0.4) is 0 Å². The fourth-order valence-electron chi connectivity index (χ4n) is 13.3. The maximum absolute atomic E-state index is 13.3. The van der Waals surface area contributed by atoms with E-state index in [4.69, 9.17) is 82.9 Å². The number of hydrogen-bond acceptors (Lipinski definition) is 23. The zero-order chi connectivity index (χ0) is 80.0. The van der Waals surface area contributed by atoms with Gasteiger partial charge < -0.3 is 77.3 Å². The zero-order valence-corrected chi connectivity index (χ0v) is 68.4. The number of hydrogen-bond donors (Lipinski definition) is 0. The highest BCUT2D eigenvalue weighted by atomic mass is 35.5. The van der Waals surface area contributed by atoms with Crippen LogP contribution in [0, 0.1) is 0 Å². The van der Waals surface area contributed by atoms with E-state index in [9.17, 15) is 28.8 Å². The number of esters is 3. The van der Waals surface area contributed by atoms with Crippen LogP contribution in [0.1, 0.15) is 101 Å². The van der Waals surface area contributed by atoms with Crippen LogP contribution in [0.5, 0.6) is 23.4 Å². The van der Waals surface area contributed by atoms with Crippen LogP contribution >= 0.6 is 46.1 Å². The standard InChI is InChI=1S/C29H35ClN4O5.C28H32Cl2N4O4.C26H32N4O4S/c1-5-38-29(36)25-26(23-19-21(30)9-12-24(23)31-27(25)39-18-6-13-32(2)3)33-14-16-34(17-15-33)28(35)20-7-10-22(37-4)11-8-20;1-4-37-28(36)24-25(20-8-5-6-9-23(20)31-26(24)38-17-7-12-32(2)3)33-13-15-34(16-14-33)27(35)19-10-11-21(29)22(30)18-19;1-4-33-26(32)22-23(29-13-15-30(16-14-29)25(31)21-11-7-18-35-21)19-9-5-6-10-20(19)27-24(22)34-17-8-12-28(2)3/h7-12,19H,5-6,13-18H2,1-4H3;5-6,8-11,18H,4,7,12-17H2,1-3H3;5-7,9-11,18H,4,8,12-17H2,1-3H3. The van der Waals surface area contributed by atoms with Crippen LogP contribution in [0.15, 0.2) is 127 Å². The third-order valence-corrected chi connectivity index (χ3v) is 20.7. The summed E-state index contributed by atoms with van der Waals surface area (Å²) in [4.78, 5) is 112. The number of thiophene rings is 1. The Morgan fingerprint density at radius 3 is 1.19 bits per heavy atom. The topological polar surface area (TPSA) is 235 Å². The lowest BCUT2D eigenvalue weighted by atomic mass is 10.1. The largest absolute Gasteiger partial charge is 0.497 e. The van der Waals surface area contributed by atoms with Gasteiger partial charge in [0.15, 0.2) is 0 Å². The first-order chi connectivity index (χ1) is 54.1. The minimum atomic E-state index is -0.499. The molecular weight excluding hydrogens is 1510 g/mol. The van der Waals surface area contributed by atoms with Crippen molar-refractivity contribution in [2.24, 2.45) is 0 Å². The van der Waals surface area contributed by atoms with Gasteiger partial charge in [0.05, 0.1) is 95.3 Å². The molecule has 0 spiro atoms. The third kappa shape index (κ3) is 21.7. The molecule has 29 heteroatoms. The lowest BCUT2D eigenvalue weighted by molar-refractivity contribution is 0.0511. The van der Waals surface area contributed by atoms with Gasteiger partial charge in [0, 0.05) is 130 Å². The van der Waals surface area contributed by atoms with Gasteiger partial charge in [-0.1, -0.05) is 77.3 Å². The van der Waals surface area contributed by atoms with E-state index in [0.717, 1.165) is 82.3 Å². The summed E-state index contributed by atoms with van der Waals surface area (Å²) in [5, 5.41) is 5.64. The molecule has 112 heavy (non-hydrogen) atoms. The van der Waals surface area contributed by atoms with E-state index in [1.807, 2.05) is 130 Å². The van der Waals surface area contributed by atoms with E-state index in [0.29, 0.717) is 159 Å². The second-order valence-electron chi connectivity index (χ2n) is 27.5. The second kappa shape index (κ2) is 41.1. The Bertz CT molecular complexity index is 4710. The Labute approximate surface area is 673 Å². The quantitative estimate of drug-likeness (QED) is 0.0252. The Morgan fingerprint density at radius 1 is 0.420 bits per heavy atom. The molecule has 3 amide bonds. The molecule has 0 N–H and O–H groups in total. The number of amides is 3. The summed E-state index contributed by atoms with van der Waals surface area (Å²) in [6, 6.07) is 36.6. The van der Waals surface area contributed by atoms with Gasteiger partial charge >= 0.3 is 17.9 Å². The van der Waals surface area contributed by atoms with Gasteiger partial charge in [-0.2, -0.15) is 0 Å². The number of piperazine rings is 3. The molecule has 3 saturated heterocycles. The van der Waals surface area contributed by atoms with Crippen molar-refractivity contribution in [1.29, 1.82) is 0 Å². The van der Waals surface area contributed by atoms with Gasteiger partial charge in [0.2, 0.25) is 17.6 Å². The predicted molar refractivity (Wildman–Crippen MR) is 442 cm³/mol. The van der Waals surface area contributed by atoms with Crippen LogP contribution in [-0.4, -0.2) is 267 Å². The summed E-state index contributed by atoms with van der Waals surface area (Å²) in [5.74, 6) is -0.0132. The van der Waals surface area contributed by atoms with Gasteiger partial charge in [0.25, 0.3) is 17.7 Å². The Hall–Kier alpha value is -9.80. The van der Waals surface area contributed by atoms with E-state index in [-0.39, 0.29) is 54.9 Å². The smallest absolute Gasteiger partial charge is 0.345 e. The highest BCUT2D eigenvalue weighted by Gasteiger charge is 2.35. The number of aromatic nitrogens is 3. The summed E-state index contributed by atoms with van der Waals surface area (Å²) in [5.41, 5.74) is 6.36. The minimum Gasteiger partial charge on any atom is -0.497 e. The number of rotatable bonds is 28. The Morgan fingerprint density at radius 2 is 0.804 bits per heavy atom. The number of methoxy groups -OCH3 is 1. The zero-order valence-electron chi connectivity index (χ0n) is 65.3. The van der Waals surface area contributed by atoms with E-state index in [1.54, 1.807) is 81.3 Å². The number of ether oxygens (including phenoxy) is 7. The molecule has 9 aromatic rings. The molecule has 7 heterocycles. The number of carbonyl (C=O) groups excluding carboxylic acids is 6. The minimum absolute atomic E-state index is 0.0459. The fraction of sp³-hybridized carbons (Fsp3) is 0.410. The first-order valence-electron chi connectivity index (χ1n) is 37.7. The average molecular weight is 1610 g/mol. The van der Waals surface area contributed by atoms with Crippen LogP contribution < -0.4 is 33.6 Å². The van der Waals surface area contributed by atoms with Crippen LogP contribution in [0.25, 0.3) is 32.7 Å². The van der Waals surface area contributed by atoms with Crippen molar-refractivity contribution >= 4 is 132 Å². The van der Waals surface area contributed by atoms with E-state index in [2.05, 4.69) is 29.4 Å². The molecule has 0 aliphatic carbocycles. The third-order valence-electron chi connectivity index (χ3n) is 18.8. The van der Waals surface area contributed by atoms with E-state index in [1.165, 1.54) is 11.3 Å². The van der Waals surface area contributed by atoms with E-state index >= 15 is 0 Å². The average Bonchev–Trinajstić information content (AvgIpc) is 0.801. The molecule has 0 radical (unpaired) electrons. The molecule has 0 atom stereocenters. The van der Waals surface area contributed by atoms with Crippen LogP contribution in [0.2, 0.25) is 15.1 Å². The van der Waals surface area contributed by atoms with Gasteiger partial charge in [0.1, 0.15) is 22.4 Å². The highest BCUT2D eigenvalue weighted by Crippen LogP contribution is 2.41. The number of benzene rings is 5. The molecular formula is C83H99Cl3N12O13S. The van der Waals surface area contributed by atoms with E-state index < -0.39 is 17.9 Å². The van der Waals surface area contributed by atoms with Crippen molar-refractivity contribution in [2.75, 3.05) is 202 Å². The number of halogens is 3. The van der Waals surface area contributed by atoms with Crippen LogP contribution in [-0.2, 0) is 14.2 Å². The fourth-order valence-corrected chi connectivity index (χ4v) is 14.5. The normalized spacial score (nSPS) is 13.8. The summed E-state index contributed by atoms with van der Waals surface area (Å²) < 4.78 is 39.8. The SMILES string of the molecule is CCOC(=O)c1c(OCCCN(C)C)nc2ccc(Cl)cc2c1N1CCN(C(=O)c2ccc(OC)cc2)CC1.CCOC(=O)c1c(OCCCN(C)C)nc2ccccc2c1N1CCN(C(=O)c2ccc(Cl)c(Cl)c2)CC1.CCOC(=O)c1c(OCCCN(C)C)nc2ccccc2c1N1CCN(C(=O)c2cccs2)CC1. The molecule has 596 valence electrons. The molecule has 3 aliphatic rings. The van der Waals surface area contributed by atoms with Crippen molar-refractivity contribution in [1.82, 2.24) is 44.4 Å². The number of pyridine rings is 3. The summed E-state index contributed by atoms with van der Waals surface area (Å²) in [6.45, 7) is 16.2. The molecule has 0 unspecified atom stereocenters. The summed E-state index contributed by atoms with van der Waals surface area (Å²) in [7, 11) is 13.6. The van der Waals surface area contributed by atoms with Crippen LogP contribution in [0.4, 0.5) is 17.1 Å². The molecule has 3 aliphatic heterocycles. The van der Waals surface area contributed by atoms with Gasteiger partial charge in [-0.05, 0) is 167 Å². The molecule has 3 fully saturated rings. The van der Waals surface area contributed by atoms with Gasteiger partial charge in [-0.15, -0.1) is 11.3 Å². The first kappa shape index (κ1) is 84.6. The highest BCUT2D eigenvalue weighted by molar-refractivity contribution is 7.12. The summed E-state index contributed by atoms with van der Waals surface area (Å²) in [6.07, 6.45) is 2.37. The molecule has 25 nitrogen and oxygen atoms in total. The lowest BCUT2D eigenvalue weighted by Gasteiger charge is -2.37. The predicted octanol–water partition coefficient (Wildman–Crippen LogP) is 13.1. The molecule has 0 bridgehead atoms. The Balaban J connectivity index is 0.000000179. The van der Waals surface area contributed by atoms with Gasteiger partial charge in [-0.3, -0.25) is 14.4 Å². The maximum Gasteiger partial charge on any atom is 0.345 e. The number of anilines is 3. The van der Waals surface area contributed by atoms with Gasteiger partial charge in [-0.25, -0.2) is 29.3 Å². The summed E-state index contributed by atoms with van der Waals surface area (Å²) >= 11 is 20.0. The van der Waals surface area contributed by atoms with Crippen molar-refractivity contribution in [2.45, 2.75) is 40.0 Å². The number of fused-ring (bicyclic) bond motifs is 3. The molecule has 4 aromatic heterocycles. The number of para-hydroxylation sites is 2. The first-order valence-corrected chi connectivity index (χ1v) is 39.7. The second-order valence-corrected chi connectivity index (χ2v) is 29.7. The van der Waals surface area contributed by atoms with Crippen molar-refractivity contribution in [3.63, 3.8) is 0 Å². The monoisotopic (exact) mass is 1610 g/mol. The molecule has 5 aromatic carbocycles.